The molecule has 1 aliphatic carbocycles. The van der Waals surface area contributed by atoms with Crippen molar-refractivity contribution >= 4 is 11.7 Å². The molecule has 1 aromatic rings. The first kappa shape index (κ1) is 15.6. The summed E-state index contributed by atoms with van der Waals surface area (Å²) in [7, 11) is 0. The van der Waals surface area contributed by atoms with E-state index in [1.807, 2.05) is 31.2 Å². The van der Waals surface area contributed by atoms with E-state index in [9.17, 15) is 9.90 Å². The van der Waals surface area contributed by atoms with E-state index < -0.39 is 0 Å². The van der Waals surface area contributed by atoms with Gasteiger partial charge in [0, 0.05) is 18.6 Å². The number of benzene rings is 1. The van der Waals surface area contributed by atoms with Crippen LogP contribution in [0.4, 0.5) is 10.5 Å². The van der Waals surface area contributed by atoms with Crippen LogP contribution in [-0.4, -0.2) is 30.4 Å². The summed E-state index contributed by atoms with van der Waals surface area (Å²) in [5.74, 6) is 0.823. The van der Waals surface area contributed by atoms with Crippen LogP contribution < -0.4 is 15.4 Å². The van der Waals surface area contributed by atoms with Crippen molar-refractivity contribution in [2.75, 3.05) is 18.5 Å². The third-order valence-corrected chi connectivity index (χ3v) is 3.90. The Morgan fingerprint density at radius 2 is 2.10 bits per heavy atom. The van der Waals surface area contributed by atoms with Crippen LogP contribution in [0.5, 0.6) is 5.75 Å². The molecule has 0 aromatic heterocycles. The standard InChI is InChI=1S/C16H24N2O3/c1-2-21-15-10-6-5-9-14(15)18-16(20)17-13-8-4-3-7-12(13)11-19/h5-6,9-10,12-13,19H,2-4,7-8,11H2,1H3,(H2,17,18,20). The molecule has 2 atom stereocenters. The molecule has 2 rings (SSSR count). The van der Waals surface area contributed by atoms with Gasteiger partial charge in [-0.2, -0.15) is 0 Å². The summed E-state index contributed by atoms with van der Waals surface area (Å²) in [5, 5.41) is 15.2. The minimum atomic E-state index is -0.243. The Bertz CT molecular complexity index is 465. The molecule has 2 unspecified atom stereocenters. The van der Waals surface area contributed by atoms with Crippen molar-refractivity contribution in [2.24, 2.45) is 5.92 Å². The van der Waals surface area contributed by atoms with E-state index in [0.29, 0.717) is 18.0 Å². The molecule has 0 bridgehead atoms. The zero-order chi connectivity index (χ0) is 15.1. The normalized spacial score (nSPS) is 21.6. The van der Waals surface area contributed by atoms with Crippen LogP contribution in [0, 0.1) is 5.92 Å². The summed E-state index contributed by atoms with van der Waals surface area (Å²) in [4.78, 5) is 12.1. The van der Waals surface area contributed by atoms with Crippen LogP contribution in [0.25, 0.3) is 0 Å². The second-order valence-electron chi connectivity index (χ2n) is 5.36. The van der Waals surface area contributed by atoms with Gasteiger partial charge in [0.25, 0.3) is 0 Å². The molecular weight excluding hydrogens is 268 g/mol. The molecule has 0 heterocycles. The van der Waals surface area contributed by atoms with Gasteiger partial charge in [0.05, 0.1) is 12.3 Å². The Kier molecular flexibility index (Phi) is 5.87. The van der Waals surface area contributed by atoms with E-state index in [4.69, 9.17) is 4.74 Å². The lowest BCUT2D eigenvalue weighted by Gasteiger charge is -2.30. The molecule has 116 valence electrons. The highest BCUT2D eigenvalue weighted by Gasteiger charge is 2.25. The van der Waals surface area contributed by atoms with Crippen LogP contribution in [-0.2, 0) is 0 Å². The maximum Gasteiger partial charge on any atom is 0.319 e. The monoisotopic (exact) mass is 292 g/mol. The second kappa shape index (κ2) is 7.88. The third kappa shape index (κ3) is 4.36. The molecule has 21 heavy (non-hydrogen) atoms. The molecule has 0 aliphatic heterocycles. The van der Waals surface area contributed by atoms with Gasteiger partial charge in [0.1, 0.15) is 5.75 Å². The Labute approximate surface area is 125 Å². The molecule has 2 amide bonds. The Hall–Kier alpha value is -1.75. The summed E-state index contributed by atoms with van der Waals surface area (Å²) >= 11 is 0. The van der Waals surface area contributed by atoms with Crippen LogP contribution in [0.3, 0.4) is 0 Å². The van der Waals surface area contributed by atoms with Crippen molar-refractivity contribution in [1.29, 1.82) is 0 Å². The summed E-state index contributed by atoms with van der Waals surface area (Å²) in [6.45, 7) is 2.58. The molecule has 1 saturated carbocycles. The highest BCUT2D eigenvalue weighted by Crippen LogP contribution is 2.25. The predicted molar refractivity (Wildman–Crippen MR) is 82.6 cm³/mol. The van der Waals surface area contributed by atoms with Crippen LogP contribution in [0.1, 0.15) is 32.6 Å². The second-order valence-corrected chi connectivity index (χ2v) is 5.36. The lowest BCUT2D eigenvalue weighted by Crippen LogP contribution is -2.45. The van der Waals surface area contributed by atoms with Gasteiger partial charge in [0.2, 0.25) is 0 Å². The lowest BCUT2D eigenvalue weighted by atomic mass is 9.85. The maximum absolute atomic E-state index is 12.1. The molecule has 1 aliphatic rings. The van der Waals surface area contributed by atoms with Gasteiger partial charge >= 0.3 is 6.03 Å². The van der Waals surface area contributed by atoms with Crippen LogP contribution >= 0.6 is 0 Å². The zero-order valence-corrected chi connectivity index (χ0v) is 12.5. The van der Waals surface area contributed by atoms with E-state index in [-0.39, 0.29) is 24.6 Å². The Morgan fingerprint density at radius 1 is 1.33 bits per heavy atom. The largest absolute Gasteiger partial charge is 0.492 e. The van der Waals surface area contributed by atoms with E-state index >= 15 is 0 Å². The fraction of sp³-hybridized carbons (Fsp3) is 0.562. The number of carbonyl (C=O) groups is 1. The summed E-state index contributed by atoms with van der Waals surface area (Å²) in [6.07, 6.45) is 4.11. The summed E-state index contributed by atoms with van der Waals surface area (Å²) in [5.41, 5.74) is 0.660. The van der Waals surface area contributed by atoms with Gasteiger partial charge in [-0.1, -0.05) is 25.0 Å². The minimum absolute atomic E-state index is 0.0444. The average Bonchev–Trinajstić information content (AvgIpc) is 2.50. The number of para-hydroxylation sites is 2. The first-order valence-electron chi connectivity index (χ1n) is 7.64. The molecule has 0 radical (unpaired) electrons. The van der Waals surface area contributed by atoms with E-state index in [2.05, 4.69) is 10.6 Å². The summed E-state index contributed by atoms with van der Waals surface area (Å²) < 4.78 is 5.49. The molecular formula is C16H24N2O3. The van der Waals surface area contributed by atoms with E-state index in [1.165, 1.54) is 0 Å². The van der Waals surface area contributed by atoms with Crippen molar-refractivity contribution in [1.82, 2.24) is 5.32 Å². The molecule has 1 aromatic carbocycles. The first-order valence-corrected chi connectivity index (χ1v) is 7.64. The molecule has 5 nitrogen and oxygen atoms in total. The van der Waals surface area contributed by atoms with Crippen molar-refractivity contribution in [3.05, 3.63) is 24.3 Å². The fourth-order valence-corrected chi connectivity index (χ4v) is 2.79. The van der Waals surface area contributed by atoms with Gasteiger partial charge in [-0.15, -0.1) is 0 Å². The predicted octanol–water partition coefficient (Wildman–Crippen LogP) is 2.76. The van der Waals surface area contributed by atoms with E-state index in [1.54, 1.807) is 0 Å². The van der Waals surface area contributed by atoms with Crippen molar-refractivity contribution in [3.8, 4) is 5.75 Å². The Morgan fingerprint density at radius 3 is 2.86 bits per heavy atom. The maximum atomic E-state index is 12.1. The number of ether oxygens (including phenoxy) is 1. The number of amides is 2. The third-order valence-electron chi connectivity index (χ3n) is 3.90. The number of urea groups is 1. The number of carbonyl (C=O) groups excluding carboxylic acids is 1. The number of rotatable bonds is 5. The molecule has 0 saturated heterocycles. The van der Waals surface area contributed by atoms with Crippen molar-refractivity contribution in [2.45, 2.75) is 38.6 Å². The molecule has 3 N–H and O–H groups in total. The number of aliphatic hydroxyl groups excluding tert-OH is 1. The molecule has 0 spiro atoms. The highest BCUT2D eigenvalue weighted by atomic mass is 16.5. The number of aliphatic hydroxyl groups is 1. The van der Waals surface area contributed by atoms with Crippen LogP contribution in [0.15, 0.2) is 24.3 Å². The highest BCUT2D eigenvalue weighted by molar-refractivity contribution is 5.91. The van der Waals surface area contributed by atoms with Crippen molar-refractivity contribution in [3.63, 3.8) is 0 Å². The zero-order valence-electron chi connectivity index (χ0n) is 12.5. The van der Waals surface area contributed by atoms with Gasteiger partial charge < -0.3 is 20.5 Å². The van der Waals surface area contributed by atoms with Crippen molar-refractivity contribution < 1.29 is 14.6 Å². The Balaban J connectivity index is 1.95. The van der Waals surface area contributed by atoms with Gasteiger partial charge in [0.15, 0.2) is 0 Å². The number of nitrogens with one attached hydrogen (secondary N) is 2. The lowest BCUT2D eigenvalue weighted by molar-refractivity contribution is 0.156. The smallest absolute Gasteiger partial charge is 0.319 e. The number of hydrogen-bond donors (Lipinski definition) is 3. The van der Waals surface area contributed by atoms with Crippen LogP contribution in [0.2, 0.25) is 0 Å². The van der Waals surface area contributed by atoms with Gasteiger partial charge in [-0.3, -0.25) is 0 Å². The van der Waals surface area contributed by atoms with Gasteiger partial charge in [-0.25, -0.2) is 4.79 Å². The number of hydrogen-bond acceptors (Lipinski definition) is 3. The topological polar surface area (TPSA) is 70.6 Å². The number of anilines is 1. The first-order chi connectivity index (χ1) is 10.2. The van der Waals surface area contributed by atoms with E-state index in [0.717, 1.165) is 25.7 Å². The molecule has 1 fully saturated rings. The molecule has 5 heteroatoms. The minimum Gasteiger partial charge on any atom is -0.492 e. The quantitative estimate of drug-likeness (QED) is 0.781. The fourth-order valence-electron chi connectivity index (χ4n) is 2.79. The average molecular weight is 292 g/mol. The van der Waals surface area contributed by atoms with Gasteiger partial charge in [-0.05, 0) is 31.9 Å². The SMILES string of the molecule is CCOc1ccccc1NC(=O)NC1CCCCC1CO. The summed E-state index contributed by atoms with van der Waals surface area (Å²) in [6, 6.07) is 7.17.